The number of hydrogen-bond donors (Lipinski definition) is 2. The average Bonchev–Trinajstić information content (AvgIpc) is 2.96. The number of pyridine rings is 1. The van der Waals surface area contributed by atoms with Crippen molar-refractivity contribution in [2.45, 2.75) is 13.0 Å². The zero-order chi connectivity index (χ0) is 13.9. The number of anilines is 2. The topological polar surface area (TPSA) is 62.7 Å². The maximum Gasteiger partial charge on any atom is 0.225 e. The van der Waals surface area contributed by atoms with Gasteiger partial charge >= 0.3 is 0 Å². The molecule has 0 aliphatic heterocycles. The van der Waals surface area contributed by atoms with Gasteiger partial charge in [0.15, 0.2) is 0 Å². The van der Waals surface area contributed by atoms with Crippen LogP contribution in [0.15, 0.2) is 36.0 Å². The van der Waals surface area contributed by atoms with Gasteiger partial charge in [-0.3, -0.25) is 4.98 Å². The van der Waals surface area contributed by atoms with E-state index in [2.05, 4.69) is 32.5 Å². The number of nitrogens with one attached hydrogen (secondary N) is 2. The van der Waals surface area contributed by atoms with Crippen molar-refractivity contribution in [3.63, 3.8) is 0 Å². The minimum absolute atomic E-state index is 0.153. The predicted octanol–water partition coefficient (Wildman–Crippen LogP) is 3.30. The molecule has 0 aliphatic rings. The van der Waals surface area contributed by atoms with Gasteiger partial charge < -0.3 is 10.6 Å². The van der Waals surface area contributed by atoms with Crippen molar-refractivity contribution in [3.05, 3.63) is 41.5 Å². The van der Waals surface area contributed by atoms with E-state index in [9.17, 15) is 0 Å². The van der Waals surface area contributed by atoms with Gasteiger partial charge in [-0.1, -0.05) is 0 Å². The van der Waals surface area contributed by atoms with Gasteiger partial charge in [-0.05, 0) is 36.1 Å². The molecule has 1 atom stereocenters. The van der Waals surface area contributed by atoms with Crippen LogP contribution in [0.2, 0.25) is 0 Å². The number of aromatic nitrogens is 3. The molecule has 1 unspecified atom stereocenters. The highest BCUT2D eigenvalue weighted by Gasteiger charge is 2.11. The van der Waals surface area contributed by atoms with Crippen LogP contribution < -0.4 is 10.6 Å². The van der Waals surface area contributed by atoms with Crippen LogP contribution in [-0.2, 0) is 0 Å². The summed E-state index contributed by atoms with van der Waals surface area (Å²) in [5.74, 6) is 1.48. The van der Waals surface area contributed by atoms with E-state index in [1.807, 2.05) is 30.6 Å². The Balaban J connectivity index is 1.95. The zero-order valence-electron chi connectivity index (χ0n) is 11.3. The van der Waals surface area contributed by atoms with E-state index in [4.69, 9.17) is 0 Å². The molecule has 5 nitrogen and oxygen atoms in total. The van der Waals surface area contributed by atoms with Crippen molar-refractivity contribution in [1.29, 1.82) is 0 Å². The smallest absolute Gasteiger partial charge is 0.225 e. The summed E-state index contributed by atoms with van der Waals surface area (Å²) >= 11 is 1.61. The fourth-order valence-corrected chi connectivity index (χ4v) is 2.78. The molecule has 6 heteroatoms. The summed E-state index contributed by atoms with van der Waals surface area (Å²) in [5.41, 5.74) is 1.17. The van der Waals surface area contributed by atoms with Gasteiger partial charge in [0.1, 0.15) is 10.6 Å². The minimum atomic E-state index is 0.153. The third kappa shape index (κ3) is 2.42. The van der Waals surface area contributed by atoms with Crippen LogP contribution in [0.4, 0.5) is 11.8 Å². The lowest BCUT2D eigenvalue weighted by molar-refractivity contribution is 0.873. The zero-order valence-corrected chi connectivity index (χ0v) is 12.1. The molecule has 3 aromatic rings. The van der Waals surface area contributed by atoms with Gasteiger partial charge in [0, 0.05) is 19.4 Å². The third-order valence-corrected chi connectivity index (χ3v) is 3.91. The molecular weight excluding hydrogens is 270 g/mol. The highest BCUT2D eigenvalue weighted by Crippen LogP contribution is 2.28. The van der Waals surface area contributed by atoms with Crippen LogP contribution in [0.3, 0.4) is 0 Å². The van der Waals surface area contributed by atoms with Crippen LogP contribution in [-0.4, -0.2) is 22.0 Å². The van der Waals surface area contributed by atoms with E-state index in [-0.39, 0.29) is 6.04 Å². The highest BCUT2D eigenvalue weighted by molar-refractivity contribution is 7.16. The second kappa shape index (κ2) is 5.42. The number of thiophene rings is 1. The van der Waals surface area contributed by atoms with Crippen LogP contribution in [0.5, 0.6) is 0 Å². The van der Waals surface area contributed by atoms with E-state index >= 15 is 0 Å². The second-order valence-corrected chi connectivity index (χ2v) is 5.33. The standard InChI is InChI=1S/C14H15N5S/c1-9(10-3-6-16-7-4-10)17-12-11-5-8-20-13(11)19-14(15-2)18-12/h3-9H,1-2H3,(H2,15,17,18,19). The van der Waals surface area contributed by atoms with Gasteiger partial charge in [0.2, 0.25) is 5.95 Å². The molecule has 0 aromatic carbocycles. The normalized spacial score (nSPS) is 12.3. The van der Waals surface area contributed by atoms with Gasteiger partial charge in [-0.15, -0.1) is 11.3 Å². The summed E-state index contributed by atoms with van der Waals surface area (Å²) in [6.07, 6.45) is 3.60. The molecule has 102 valence electrons. The van der Waals surface area contributed by atoms with E-state index < -0.39 is 0 Å². The molecule has 0 bridgehead atoms. The number of nitrogens with zero attached hydrogens (tertiary/aromatic N) is 3. The molecule has 0 radical (unpaired) electrons. The Hall–Kier alpha value is -2.21. The molecule has 0 amide bonds. The summed E-state index contributed by atoms with van der Waals surface area (Å²) in [6, 6.07) is 6.20. The Morgan fingerprint density at radius 2 is 1.95 bits per heavy atom. The first-order valence-corrected chi connectivity index (χ1v) is 7.25. The van der Waals surface area contributed by atoms with Crippen LogP contribution in [0, 0.1) is 0 Å². The van der Waals surface area contributed by atoms with Crippen LogP contribution in [0.25, 0.3) is 10.2 Å². The largest absolute Gasteiger partial charge is 0.363 e. The first kappa shape index (κ1) is 12.8. The van der Waals surface area contributed by atoms with E-state index in [0.29, 0.717) is 5.95 Å². The Labute approximate surface area is 121 Å². The summed E-state index contributed by atoms with van der Waals surface area (Å²) < 4.78 is 0. The van der Waals surface area contributed by atoms with Gasteiger partial charge in [0.25, 0.3) is 0 Å². The maximum absolute atomic E-state index is 4.51. The monoisotopic (exact) mass is 285 g/mol. The van der Waals surface area contributed by atoms with Crippen molar-refractivity contribution < 1.29 is 0 Å². The van der Waals surface area contributed by atoms with Gasteiger partial charge in [0.05, 0.1) is 11.4 Å². The molecule has 20 heavy (non-hydrogen) atoms. The summed E-state index contributed by atoms with van der Waals surface area (Å²) in [5, 5.41) is 9.53. The van der Waals surface area contributed by atoms with Crippen molar-refractivity contribution in [2.75, 3.05) is 17.7 Å². The Morgan fingerprint density at radius 1 is 1.15 bits per heavy atom. The fourth-order valence-electron chi connectivity index (χ4n) is 2.02. The molecule has 0 aliphatic carbocycles. The molecule has 3 heterocycles. The SMILES string of the molecule is CNc1nc(NC(C)c2ccncc2)c2ccsc2n1. The van der Waals surface area contributed by atoms with Gasteiger partial charge in [-0.2, -0.15) is 4.98 Å². The van der Waals surface area contributed by atoms with Crippen molar-refractivity contribution in [2.24, 2.45) is 0 Å². The molecule has 2 N–H and O–H groups in total. The molecule has 0 saturated heterocycles. The lowest BCUT2D eigenvalue weighted by atomic mass is 10.1. The highest BCUT2D eigenvalue weighted by atomic mass is 32.1. The Bertz CT molecular complexity index is 710. The molecule has 3 aromatic heterocycles. The van der Waals surface area contributed by atoms with Crippen LogP contribution in [0.1, 0.15) is 18.5 Å². The summed E-state index contributed by atoms with van der Waals surface area (Å²) in [6.45, 7) is 2.11. The average molecular weight is 285 g/mol. The molecular formula is C14H15N5S. The van der Waals surface area contributed by atoms with Crippen molar-refractivity contribution in [3.8, 4) is 0 Å². The molecule has 0 spiro atoms. The lowest BCUT2D eigenvalue weighted by Crippen LogP contribution is -2.09. The quantitative estimate of drug-likeness (QED) is 0.770. The second-order valence-electron chi connectivity index (χ2n) is 4.43. The van der Waals surface area contributed by atoms with Crippen molar-refractivity contribution >= 4 is 33.3 Å². The van der Waals surface area contributed by atoms with Crippen LogP contribution >= 0.6 is 11.3 Å². The lowest BCUT2D eigenvalue weighted by Gasteiger charge is -2.16. The fraction of sp³-hybridized carbons (Fsp3) is 0.214. The number of hydrogen-bond acceptors (Lipinski definition) is 6. The Kier molecular flexibility index (Phi) is 3.47. The first-order valence-electron chi connectivity index (χ1n) is 6.37. The minimum Gasteiger partial charge on any atom is -0.363 e. The molecule has 0 saturated carbocycles. The molecule has 0 fully saturated rings. The van der Waals surface area contributed by atoms with Gasteiger partial charge in [-0.25, -0.2) is 4.98 Å². The predicted molar refractivity (Wildman–Crippen MR) is 83.2 cm³/mol. The summed E-state index contributed by atoms with van der Waals surface area (Å²) in [7, 11) is 1.82. The van der Waals surface area contributed by atoms with Crippen molar-refractivity contribution in [1.82, 2.24) is 15.0 Å². The molecule has 3 rings (SSSR count). The summed E-state index contributed by atoms with van der Waals surface area (Å²) in [4.78, 5) is 14.0. The maximum atomic E-state index is 4.51. The van der Waals surface area contributed by atoms with E-state index in [1.165, 1.54) is 5.56 Å². The first-order chi connectivity index (χ1) is 9.78. The Morgan fingerprint density at radius 3 is 2.70 bits per heavy atom. The number of rotatable bonds is 4. The number of fused-ring (bicyclic) bond motifs is 1. The van der Waals surface area contributed by atoms with E-state index in [0.717, 1.165) is 16.0 Å². The van der Waals surface area contributed by atoms with E-state index in [1.54, 1.807) is 23.7 Å². The third-order valence-electron chi connectivity index (χ3n) is 3.11.